The van der Waals surface area contributed by atoms with Crippen LogP contribution < -0.4 is 20.1 Å². The summed E-state index contributed by atoms with van der Waals surface area (Å²) >= 11 is 0. The van der Waals surface area contributed by atoms with Crippen molar-refractivity contribution in [3.63, 3.8) is 0 Å². The zero-order chi connectivity index (χ0) is 18.3. The number of hydrogen-bond acceptors (Lipinski definition) is 5. The maximum Gasteiger partial charge on any atom is 0.231 e. The number of carbonyl (C=O) groups is 3. The van der Waals surface area contributed by atoms with E-state index in [1.54, 1.807) is 28.0 Å². The molecule has 1 unspecified atom stereocenters. The Bertz CT molecular complexity index is 757. The van der Waals surface area contributed by atoms with E-state index in [-0.39, 0.29) is 42.8 Å². The molecule has 1 atom stereocenters. The number of hydrogen-bond donors (Lipinski definition) is 1. The Balaban J connectivity index is 1.41. The lowest BCUT2D eigenvalue weighted by atomic mass is 9.95. The summed E-state index contributed by atoms with van der Waals surface area (Å²) in [5, 5.41) is 0. The minimum absolute atomic E-state index is 0.0236. The first-order valence-corrected chi connectivity index (χ1v) is 8.81. The fourth-order valence-corrected chi connectivity index (χ4v) is 3.82. The van der Waals surface area contributed by atoms with Crippen molar-refractivity contribution in [2.75, 3.05) is 31.3 Å². The molecule has 1 aromatic rings. The summed E-state index contributed by atoms with van der Waals surface area (Å²) in [6.07, 6.45) is 1.38. The molecule has 0 bridgehead atoms. The van der Waals surface area contributed by atoms with E-state index in [2.05, 4.69) is 0 Å². The number of rotatable bonds is 3. The number of fused-ring (bicyclic) bond motifs is 1. The topological polar surface area (TPSA) is 102 Å². The van der Waals surface area contributed by atoms with Gasteiger partial charge in [0.2, 0.25) is 24.5 Å². The summed E-state index contributed by atoms with van der Waals surface area (Å²) in [5.41, 5.74) is 6.05. The molecule has 3 aliphatic rings. The Morgan fingerprint density at radius 2 is 1.81 bits per heavy atom. The molecule has 4 rings (SSSR count). The summed E-state index contributed by atoms with van der Waals surface area (Å²) in [4.78, 5) is 39.8. The fraction of sp³-hybridized carbons (Fsp3) is 0.500. The minimum atomic E-state index is -0.363. The van der Waals surface area contributed by atoms with Gasteiger partial charge in [0, 0.05) is 43.7 Å². The van der Waals surface area contributed by atoms with Crippen molar-refractivity contribution in [3.05, 3.63) is 18.2 Å². The molecule has 8 heteroatoms. The van der Waals surface area contributed by atoms with Crippen molar-refractivity contribution in [1.29, 1.82) is 0 Å². The zero-order valence-corrected chi connectivity index (χ0v) is 14.3. The molecule has 2 fully saturated rings. The number of amides is 3. The summed E-state index contributed by atoms with van der Waals surface area (Å²) < 4.78 is 10.6. The Hall–Kier alpha value is -2.77. The van der Waals surface area contributed by atoms with E-state index in [0.29, 0.717) is 49.7 Å². The van der Waals surface area contributed by atoms with E-state index < -0.39 is 0 Å². The second-order valence-corrected chi connectivity index (χ2v) is 6.94. The number of carbonyl (C=O) groups excluding carboxylic acids is 3. The first-order chi connectivity index (χ1) is 12.5. The van der Waals surface area contributed by atoms with Gasteiger partial charge in [0.1, 0.15) is 0 Å². The van der Waals surface area contributed by atoms with Gasteiger partial charge < -0.3 is 25.0 Å². The minimum Gasteiger partial charge on any atom is -0.454 e. The van der Waals surface area contributed by atoms with Gasteiger partial charge >= 0.3 is 0 Å². The third-order valence-electron chi connectivity index (χ3n) is 5.35. The van der Waals surface area contributed by atoms with Gasteiger partial charge in [-0.15, -0.1) is 0 Å². The van der Waals surface area contributed by atoms with Crippen molar-refractivity contribution in [2.24, 2.45) is 17.6 Å². The van der Waals surface area contributed by atoms with Gasteiger partial charge in [-0.3, -0.25) is 14.4 Å². The molecular weight excluding hydrogens is 338 g/mol. The summed E-state index contributed by atoms with van der Waals surface area (Å²) in [5.74, 6) is 0.345. The van der Waals surface area contributed by atoms with Crippen LogP contribution >= 0.6 is 0 Å². The van der Waals surface area contributed by atoms with Crippen LogP contribution in [0.15, 0.2) is 18.2 Å². The molecule has 3 aliphatic heterocycles. The highest BCUT2D eigenvalue weighted by molar-refractivity contribution is 6.00. The maximum atomic E-state index is 12.8. The number of likely N-dealkylation sites (tertiary alicyclic amines) is 1. The van der Waals surface area contributed by atoms with Crippen molar-refractivity contribution >= 4 is 23.4 Å². The lowest BCUT2D eigenvalue weighted by Crippen LogP contribution is -2.44. The molecule has 138 valence electrons. The van der Waals surface area contributed by atoms with Gasteiger partial charge in [-0.05, 0) is 25.0 Å². The number of nitrogens with zero attached hydrogens (tertiary/aromatic N) is 2. The van der Waals surface area contributed by atoms with Crippen LogP contribution in [0.4, 0.5) is 5.69 Å². The quantitative estimate of drug-likeness (QED) is 0.846. The first-order valence-electron chi connectivity index (χ1n) is 8.81. The van der Waals surface area contributed by atoms with Gasteiger partial charge in [-0.1, -0.05) is 0 Å². The highest BCUT2D eigenvalue weighted by Gasteiger charge is 2.38. The van der Waals surface area contributed by atoms with Gasteiger partial charge in [0.25, 0.3) is 0 Å². The predicted molar refractivity (Wildman–Crippen MR) is 91.5 cm³/mol. The molecule has 0 saturated carbocycles. The van der Waals surface area contributed by atoms with Crippen LogP contribution in [-0.4, -0.2) is 49.0 Å². The van der Waals surface area contributed by atoms with Crippen LogP contribution in [0.1, 0.15) is 19.3 Å². The van der Waals surface area contributed by atoms with Crippen LogP contribution in [0, 0.1) is 11.8 Å². The Labute approximate surface area is 150 Å². The molecule has 1 aromatic carbocycles. The predicted octanol–water partition coefficient (Wildman–Crippen LogP) is 0.492. The summed E-state index contributed by atoms with van der Waals surface area (Å²) in [7, 11) is 0. The SMILES string of the molecule is NC(=O)C1CCN(C(=O)C2CC(=O)N(c3ccc4c(c3)OCO4)C2)CC1. The largest absolute Gasteiger partial charge is 0.454 e. The van der Waals surface area contributed by atoms with Crippen molar-refractivity contribution in [3.8, 4) is 11.5 Å². The van der Waals surface area contributed by atoms with Gasteiger partial charge in [0.15, 0.2) is 11.5 Å². The first kappa shape index (κ1) is 16.7. The van der Waals surface area contributed by atoms with E-state index in [9.17, 15) is 14.4 Å². The van der Waals surface area contributed by atoms with E-state index >= 15 is 0 Å². The number of piperidine rings is 1. The van der Waals surface area contributed by atoms with Crippen LogP contribution in [0.5, 0.6) is 11.5 Å². The number of benzene rings is 1. The van der Waals surface area contributed by atoms with Gasteiger partial charge in [-0.25, -0.2) is 0 Å². The summed E-state index contributed by atoms with van der Waals surface area (Å²) in [6, 6.07) is 5.34. The van der Waals surface area contributed by atoms with Gasteiger partial charge in [0.05, 0.1) is 5.92 Å². The van der Waals surface area contributed by atoms with E-state index in [1.807, 2.05) is 0 Å². The Morgan fingerprint density at radius 3 is 2.54 bits per heavy atom. The molecule has 0 aromatic heterocycles. The third kappa shape index (κ3) is 2.95. The second kappa shape index (κ2) is 6.51. The van der Waals surface area contributed by atoms with Crippen molar-refractivity contribution in [1.82, 2.24) is 4.90 Å². The third-order valence-corrected chi connectivity index (χ3v) is 5.35. The van der Waals surface area contributed by atoms with Crippen LogP contribution in [-0.2, 0) is 14.4 Å². The van der Waals surface area contributed by atoms with Crippen LogP contribution in [0.3, 0.4) is 0 Å². The van der Waals surface area contributed by atoms with Gasteiger partial charge in [-0.2, -0.15) is 0 Å². The number of ether oxygens (including phenoxy) is 2. The lowest BCUT2D eigenvalue weighted by molar-refractivity contribution is -0.138. The Kier molecular flexibility index (Phi) is 4.18. The molecule has 0 radical (unpaired) electrons. The molecule has 0 aliphatic carbocycles. The van der Waals surface area contributed by atoms with Crippen molar-refractivity contribution < 1.29 is 23.9 Å². The average molecular weight is 359 g/mol. The van der Waals surface area contributed by atoms with Crippen LogP contribution in [0.2, 0.25) is 0 Å². The van der Waals surface area contributed by atoms with E-state index in [1.165, 1.54) is 0 Å². The van der Waals surface area contributed by atoms with E-state index in [0.717, 1.165) is 0 Å². The second-order valence-electron chi connectivity index (χ2n) is 6.94. The monoisotopic (exact) mass is 359 g/mol. The lowest BCUT2D eigenvalue weighted by Gasteiger charge is -2.32. The molecule has 0 spiro atoms. The number of anilines is 1. The molecule has 2 saturated heterocycles. The standard InChI is InChI=1S/C18H21N3O5/c19-17(23)11-3-5-20(6-4-11)18(24)12-7-16(22)21(9-12)13-1-2-14-15(8-13)26-10-25-14/h1-2,8,11-12H,3-7,9-10H2,(H2,19,23). The molecular formula is C18H21N3O5. The van der Waals surface area contributed by atoms with E-state index in [4.69, 9.17) is 15.2 Å². The number of nitrogens with two attached hydrogens (primary N) is 1. The maximum absolute atomic E-state index is 12.8. The smallest absolute Gasteiger partial charge is 0.231 e. The molecule has 3 amide bonds. The van der Waals surface area contributed by atoms with Crippen molar-refractivity contribution in [2.45, 2.75) is 19.3 Å². The Morgan fingerprint density at radius 1 is 1.08 bits per heavy atom. The number of primary amides is 1. The normalized spacial score (nSPS) is 22.8. The van der Waals surface area contributed by atoms with Crippen LogP contribution in [0.25, 0.3) is 0 Å². The average Bonchev–Trinajstić information content (AvgIpc) is 3.26. The molecule has 2 N–H and O–H groups in total. The highest BCUT2D eigenvalue weighted by Crippen LogP contribution is 2.37. The highest BCUT2D eigenvalue weighted by atomic mass is 16.7. The molecule has 8 nitrogen and oxygen atoms in total. The fourth-order valence-electron chi connectivity index (χ4n) is 3.82. The molecule has 26 heavy (non-hydrogen) atoms. The molecule has 3 heterocycles. The summed E-state index contributed by atoms with van der Waals surface area (Å²) in [6.45, 7) is 1.56. The zero-order valence-electron chi connectivity index (χ0n) is 14.3.